The Morgan fingerprint density at radius 1 is 1.70 bits per heavy atom. The molecule has 1 aromatic carbocycles. The van der Waals surface area contributed by atoms with Gasteiger partial charge in [-0.2, -0.15) is 0 Å². The van der Waals surface area contributed by atoms with Crippen molar-refractivity contribution in [3.63, 3.8) is 0 Å². The van der Waals surface area contributed by atoms with Crippen LogP contribution in [0.2, 0.25) is 0 Å². The van der Waals surface area contributed by atoms with E-state index in [9.17, 15) is 0 Å². The van der Waals surface area contributed by atoms with E-state index in [-0.39, 0.29) is 5.50 Å². The molecule has 0 amide bonds. The predicted octanol–water partition coefficient (Wildman–Crippen LogP) is 1.83. The molecule has 2 heteroatoms. The molecule has 1 unspecified atom stereocenters. The third kappa shape index (κ3) is 0.825. The van der Waals surface area contributed by atoms with Crippen molar-refractivity contribution in [2.75, 3.05) is 0 Å². The van der Waals surface area contributed by atoms with Gasteiger partial charge in [0.15, 0.2) is 0 Å². The molecule has 1 radical (unpaired) electrons. The van der Waals surface area contributed by atoms with Gasteiger partial charge in [0.2, 0.25) is 0 Å². The third-order valence-corrected chi connectivity index (χ3v) is 2.10. The molecule has 0 saturated carbocycles. The molecule has 1 aliphatic rings. The van der Waals surface area contributed by atoms with Crippen LogP contribution in [0.25, 0.3) is 0 Å². The molecule has 1 aromatic rings. The topological polar surface area (TPSA) is 12.0 Å². The van der Waals surface area contributed by atoms with Gasteiger partial charge in [-0.3, -0.25) is 5.32 Å². The van der Waals surface area contributed by atoms with Gasteiger partial charge in [-0.1, -0.05) is 18.2 Å². The lowest BCUT2D eigenvalue weighted by molar-refractivity contribution is 0.739. The van der Waals surface area contributed by atoms with E-state index in [4.69, 9.17) is 11.6 Å². The maximum Gasteiger partial charge on any atom is 0.109 e. The fraction of sp³-hybridized carbons (Fsp3) is 0.250. The van der Waals surface area contributed by atoms with E-state index in [1.807, 2.05) is 18.2 Å². The first-order valence-electron chi connectivity index (χ1n) is 3.25. The summed E-state index contributed by atoms with van der Waals surface area (Å²) in [5.74, 6) is 0. The Morgan fingerprint density at radius 2 is 2.60 bits per heavy atom. The summed E-state index contributed by atoms with van der Waals surface area (Å²) < 4.78 is 0. The highest BCUT2D eigenvalue weighted by atomic mass is 35.5. The maximum absolute atomic E-state index is 5.91. The summed E-state index contributed by atoms with van der Waals surface area (Å²) in [5, 5.41) is 3.12. The zero-order chi connectivity index (χ0) is 6.97. The monoisotopic (exact) mass is 152 g/mol. The molecule has 0 aliphatic carbocycles. The van der Waals surface area contributed by atoms with Crippen molar-refractivity contribution >= 4 is 11.6 Å². The lowest BCUT2D eigenvalue weighted by Crippen LogP contribution is -2.04. The van der Waals surface area contributed by atoms with Gasteiger partial charge < -0.3 is 0 Å². The van der Waals surface area contributed by atoms with E-state index in [2.05, 4.69) is 11.4 Å². The highest BCUT2D eigenvalue weighted by molar-refractivity contribution is 6.20. The first kappa shape index (κ1) is 6.20. The number of fused-ring (bicyclic) bond motifs is 1. The Morgan fingerprint density at radius 3 is 3.40 bits per heavy atom. The summed E-state index contributed by atoms with van der Waals surface area (Å²) in [5.41, 5.74) is 2.36. The molecule has 1 heterocycles. The van der Waals surface area contributed by atoms with E-state index in [1.54, 1.807) is 0 Å². The number of hydrogen-bond donors (Lipinski definition) is 1. The largest absolute Gasteiger partial charge is 0.293 e. The molecule has 1 N–H and O–H groups in total. The molecule has 1 atom stereocenters. The van der Waals surface area contributed by atoms with Crippen LogP contribution in [0.4, 0.5) is 0 Å². The molecule has 51 valence electrons. The molecule has 1 nitrogen and oxygen atoms in total. The van der Waals surface area contributed by atoms with Gasteiger partial charge >= 0.3 is 0 Å². The second-order valence-electron chi connectivity index (χ2n) is 2.35. The molecule has 2 rings (SSSR count). The average Bonchev–Trinajstić information content (AvgIpc) is 2.34. The summed E-state index contributed by atoms with van der Waals surface area (Å²) >= 11 is 5.91. The zero-order valence-corrected chi connectivity index (χ0v) is 6.15. The zero-order valence-electron chi connectivity index (χ0n) is 5.39. The van der Waals surface area contributed by atoms with Crippen molar-refractivity contribution in [2.45, 2.75) is 12.0 Å². The van der Waals surface area contributed by atoms with Gasteiger partial charge in [-0.05, 0) is 17.2 Å². The standard InChI is InChI=1S/C8H7ClN/c9-8-7-4-2-1-3-6(7)5-10-8/h1-2,4,8,10H,5H2. The summed E-state index contributed by atoms with van der Waals surface area (Å²) in [4.78, 5) is 0. The quantitative estimate of drug-likeness (QED) is 0.442. The molecule has 0 bridgehead atoms. The summed E-state index contributed by atoms with van der Waals surface area (Å²) in [6.07, 6.45) is 0. The van der Waals surface area contributed by atoms with Crippen molar-refractivity contribution < 1.29 is 0 Å². The van der Waals surface area contributed by atoms with Crippen molar-refractivity contribution in [2.24, 2.45) is 0 Å². The highest BCUT2D eigenvalue weighted by Gasteiger charge is 2.17. The summed E-state index contributed by atoms with van der Waals surface area (Å²) in [7, 11) is 0. The normalized spacial score (nSPS) is 22.7. The van der Waals surface area contributed by atoms with Crippen LogP contribution in [0, 0.1) is 6.07 Å². The minimum Gasteiger partial charge on any atom is -0.293 e. The maximum atomic E-state index is 5.91. The van der Waals surface area contributed by atoms with Crippen LogP contribution in [-0.2, 0) is 6.54 Å². The van der Waals surface area contributed by atoms with Gasteiger partial charge in [-0.15, -0.1) is 11.6 Å². The molecular formula is C8H7ClN. The van der Waals surface area contributed by atoms with Gasteiger partial charge in [-0.25, -0.2) is 0 Å². The Balaban J connectivity index is 2.51. The van der Waals surface area contributed by atoms with Gasteiger partial charge in [0, 0.05) is 6.54 Å². The summed E-state index contributed by atoms with van der Waals surface area (Å²) in [6, 6.07) is 9.04. The fourth-order valence-corrected chi connectivity index (χ4v) is 1.46. The molecule has 10 heavy (non-hydrogen) atoms. The lowest BCUT2D eigenvalue weighted by atomic mass is 10.1. The van der Waals surface area contributed by atoms with E-state index in [1.165, 1.54) is 11.1 Å². The molecule has 0 aromatic heterocycles. The number of benzene rings is 1. The SMILES string of the molecule is ClC1NCc2[c]cccc21. The van der Waals surface area contributed by atoms with Crippen LogP contribution in [-0.4, -0.2) is 0 Å². The predicted molar refractivity (Wildman–Crippen MR) is 40.7 cm³/mol. The first-order chi connectivity index (χ1) is 4.88. The smallest absolute Gasteiger partial charge is 0.109 e. The molecule has 1 aliphatic heterocycles. The van der Waals surface area contributed by atoms with Gasteiger partial charge in [0.1, 0.15) is 5.50 Å². The van der Waals surface area contributed by atoms with E-state index < -0.39 is 0 Å². The molecular weight excluding hydrogens is 146 g/mol. The van der Waals surface area contributed by atoms with Crippen LogP contribution in [0.15, 0.2) is 18.2 Å². The van der Waals surface area contributed by atoms with Crippen LogP contribution in [0.3, 0.4) is 0 Å². The van der Waals surface area contributed by atoms with E-state index in [0.29, 0.717) is 0 Å². The molecule has 0 spiro atoms. The van der Waals surface area contributed by atoms with Crippen molar-refractivity contribution in [1.29, 1.82) is 0 Å². The van der Waals surface area contributed by atoms with Crippen molar-refractivity contribution in [3.05, 3.63) is 35.4 Å². The summed E-state index contributed by atoms with van der Waals surface area (Å²) in [6.45, 7) is 0.852. The minimum atomic E-state index is -0.00699. The number of rotatable bonds is 0. The Bertz CT molecular complexity index is 247. The van der Waals surface area contributed by atoms with Gasteiger partial charge in [0.25, 0.3) is 0 Å². The van der Waals surface area contributed by atoms with Crippen molar-refractivity contribution in [1.82, 2.24) is 5.32 Å². The van der Waals surface area contributed by atoms with Crippen molar-refractivity contribution in [3.8, 4) is 0 Å². The third-order valence-electron chi connectivity index (χ3n) is 1.71. The van der Waals surface area contributed by atoms with E-state index >= 15 is 0 Å². The Hall–Kier alpha value is -0.530. The van der Waals surface area contributed by atoms with Crippen LogP contribution >= 0.6 is 11.6 Å². The second kappa shape index (κ2) is 2.26. The lowest BCUT2D eigenvalue weighted by Gasteiger charge is -1.98. The highest BCUT2D eigenvalue weighted by Crippen LogP contribution is 2.26. The molecule has 0 fully saturated rings. The Kier molecular flexibility index (Phi) is 1.40. The second-order valence-corrected chi connectivity index (χ2v) is 2.78. The molecule has 0 saturated heterocycles. The minimum absolute atomic E-state index is 0.00699. The van der Waals surface area contributed by atoms with E-state index in [0.717, 1.165) is 6.54 Å². The van der Waals surface area contributed by atoms with Crippen LogP contribution in [0.1, 0.15) is 16.6 Å². The fourth-order valence-electron chi connectivity index (χ4n) is 1.18. The number of halogens is 1. The average molecular weight is 153 g/mol. The number of alkyl halides is 1. The first-order valence-corrected chi connectivity index (χ1v) is 3.68. The number of nitrogens with one attached hydrogen (secondary N) is 1. The van der Waals surface area contributed by atoms with Crippen LogP contribution < -0.4 is 5.32 Å². The van der Waals surface area contributed by atoms with Gasteiger partial charge in [0.05, 0.1) is 0 Å². The number of hydrogen-bond acceptors (Lipinski definition) is 1. The Labute approximate surface area is 65.0 Å². The van der Waals surface area contributed by atoms with Crippen LogP contribution in [0.5, 0.6) is 0 Å².